The second-order valence-corrected chi connectivity index (χ2v) is 14.6. The van der Waals surface area contributed by atoms with Gasteiger partial charge in [0, 0.05) is 68.6 Å². The predicted molar refractivity (Wildman–Crippen MR) is 211 cm³/mol. The monoisotopic (exact) mass is 659 g/mol. The zero-order chi connectivity index (χ0) is 32.1. The van der Waals surface area contributed by atoms with Gasteiger partial charge < -0.3 is 4.57 Å². The van der Waals surface area contributed by atoms with E-state index in [0.29, 0.717) is 0 Å². The maximum Gasteiger partial charge on any atom is 0.160 e. The molecule has 7 aromatic carbocycles. The summed E-state index contributed by atoms with van der Waals surface area (Å²) in [7, 11) is 0. The van der Waals surface area contributed by atoms with Gasteiger partial charge in [0.2, 0.25) is 0 Å². The fourth-order valence-corrected chi connectivity index (χ4v) is 10.3. The van der Waals surface area contributed by atoms with Crippen molar-refractivity contribution in [2.75, 3.05) is 0 Å². The molecule has 0 atom stereocenters. The third-order valence-corrected chi connectivity index (χ3v) is 12.1. The number of benzene rings is 7. The molecule has 0 N–H and O–H groups in total. The fraction of sp³-hybridized carbons (Fsp3) is 0. The van der Waals surface area contributed by atoms with E-state index in [9.17, 15) is 0 Å². The van der Waals surface area contributed by atoms with Crippen LogP contribution in [0.3, 0.4) is 0 Å². The lowest BCUT2D eigenvalue weighted by Crippen LogP contribution is -1.98. The van der Waals surface area contributed by atoms with Gasteiger partial charge in [-0.15, -0.1) is 22.7 Å². The van der Waals surface area contributed by atoms with Gasteiger partial charge in [-0.1, -0.05) is 115 Å². The zero-order valence-electron chi connectivity index (χ0n) is 26.1. The molecule has 0 saturated carbocycles. The Kier molecular flexibility index (Phi) is 5.70. The topological polar surface area (TPSA) is 30.7 Å². The van der Waals surface area contributed by atoms with Crippen molar-refractivity contribution in [3.05, 3.63) is 152 Å². The minimum Gasteiger partial charge on any atom is -0.308 e. The van der Waals surface area contributed by atoms with Crippen molar-refractivity contribution in [2.45, 2.75) is 0 Å². The van der Waals surface area contributed by atoms with Gasteiger partial charge in [-0.3, -0.25) is 0 Å². The summed E-state index contributed by atoms with van der Waals surface area (Å²) in [5.41, 5.74) is 7.50. The van der Waals surface area contributed by atoms with Crippen molar-refractivity contribution in [3.8, 4) is 28.3 Å². The average Bonchev–Trinajstić information content (AvgIpc) is 3.85. The van der Waals surface area contributed by atoms with Crippen LogP contribution in [0.2, 0.25) is 0 Å². The van der Waals surface area contributed by atoms with Gasteiger partial charge in [0.25, 0.3) is 0 Å². The molecule has 11 rings (SSSR count). The predicted octanol–water partition coefficient (Wildman–Crippen LogP) is 12.8. The Morgan fingerprint density at radius 2 is 1.06 bits per heavy atom. The van der Waals surface area contributed by atoms with E-state index in [1.807, 2.05) is 40.9 Å². The molecule has 4 aromatic heterocycles. The quantitative estimate of drug-likeness (QED) is 0.189. The number of thiophene rings is 2. The van der Waals surface area contributed by atoms with Crippen molar-refractivity contribution in [2.24, 2.45) is 0 Å². The maximum atomic E-state index is 5.22. The molecule has 49 heavy (non-hydrogen) atoms. The van der Waals surface area contributed by atoms with E-state index in [4.69, 9.17) is 9.97 Å². The Hall–Kier alpha value is -5.88. The summed E-state index contributed by atoms with van der Waals surface area (Å²) in [4.78, 5) is 10.3. The number of para-hydroxylation sites is 1. The van der Waals surface area contributed by atoms with Crippen LogP contribution < -0.4 is 0 Å². The van der Waals surface area contributed by atoms with Crippen LogP contribution in [0.15, 0.2) is 152 Å². The second kappa shape index (κ2) is 10.3. The van der Waals surface area contributed by atoms with Crippen molar-refractivity contribution < 1.29 is 0 Å². The molecule has 0 bridgehead atoms. The van der Waals surface area contributed by atoms with Gasteiger partial charge in [-0.05, 0) is 36.4 Å². The van der Waals surface area contributed by atoms with E-state index in [2.05, 4.69) is 138 Å². The van der Waals surface area contributed by atoms with Crippen molar-refractivity contribution >= 4 is 95.7 Å². The molecule has 0 fully saturated rings. The van der Waals surface area contributed by atoms with E-state index in [0.717, 1.165) is 39.2 Å². The summed E-state index contributed by atoms with van der Waals surface area (Å²) in [6.07, 6.45) is 0. The summed E-state index contributed by atoms with van der Waals surface area (Å²) < 4.78 is 7.82. The molecule has 0 amide bonds. The molecule has 0 saturated heterocycles. The first-order valence-corrected chi connectivity index (χ1v) is 18.1. The summed E-state index contributed by atoms with van der Waals surface area (Å²) >= 11 is 3.83. The van der Waals surface area contributed by atoms with E-state index in [1.54, 1.807) is 0 Å². The van der Waals surface area contributed by atoms with Gasteiger partial charge >= 0.3 is 0 Å². The van der Waals surface area contributed by atoms with Gasteiger partial charge in [-0.2, -0.15) is 0 Å². The lowest BCUT2D eigenvalue weighted by Gasteiger charge is -2.13. The standard InChI is InChI=1S/C44H25N3S2/c1-3-13-26(14-4-1)40-32-25-28(23-24-33(32)45-44(46-40)27-15-5-2-6-16-27)47-34-20-10-7-17-29(34)37-38-30-18-8-11-21-35(30)48-42(38)39-31-19-9-12-22-36(31)49-43(39)41(37)47/h1-25H. The van der Waals surface area contributed by atoms with Gasteiger partial charge in [0.05, 0.1) is 26.9 Å². The molecule has 5 heteroatoms. The molecule has 0 unspecified atom stereocenters. The highest BCUT2D eigenvalue weighted by Crippen LogP contribution is 2.52. The van der Waals surface area contributed by atoms with Crippen LogP contribution in [0.4, 0.5) is 0 Å². The van der Waals surface area contributed by atoms with Gasteiger partial charge in [0.1, 0.15) is 0 Å². The minimum atomic E-state index is 0.732. The Morgan fingerprint density at radius 3 is 1.82 bits per heavy atom. The molecular formula is C44H25N3S2. The highest BCUT2D eigenvalue weighted by atomic mass is 32.1. The summed E-state index contributed by atoms with van der Waals surface area (Å²) in [6, 6.07) is 54.2. The SMILES string of the molecule is c1ccc(-c2nc(-c3ccccc3)c3cc(-n4c5ccccc5c5c6c7ccccc7sc6c6c7ccccc7sc6c54)ccc3n2)cc1. The number of nitrogens with zero attached hydrogens (tertiary/aromatic N) is 3. The molecule has 4 heterocycles. The molecule has 11 aromatic rings. The summed E-state index contributed by atoms with van der Waals surface area (Å²) in [5.74, 6) is 0.732. The van der Waals surface area contributed by atoms with E-state index in [1.165, 1.54) is 62.2 Å². The molecule has 0 spiro atoms. The fourth-order valence-electron chi connectivity index (χ4n) is 7.67. The first-order valence-electron chi connectivity index (χ1n) is 16.4. The van der Waals surface area contributed by atoms with Crippen LogP contribution in [0.5, 0.6) is 0 Å². The minimum absolute atomic E-state index is 0.732. The van der Waals surface area contributed by atoms with E-state index < -0.39 is 0 Å². The number of hydrogen-bond donors (Lipinski definition) is 0. The van der Waals surface area contributed by atoms with Crippen molar-refractivity contribution in [1.82, 2.24) is 14.5 Å². The van der Waals surface area contributed by atoms with Crippen LogP contribution in [0, 0.1) is 0 Å². The number of fused-ring (bicyclic) bond motifs is 13. The summed E-state index contributed by atoms with van der Waals surface area (Å²) in [6.45, 7) is 0. The first-order chi connectivity index (χ1) is 24.3. The molecule has 3 nitrogen and oxygen atoms in total. The number of rotatable bonds is 3. The molecular weight excluding hydrogens is 635 g/mol. The zero-order valence-corrected chi connectivity index (χ0v) is 27.7. The van der Waals surface area contributed by atoms with Gasteiger partial charge in [0.15, 0.2) is 5.82 Å². The first kappa shape index (κ1) is 27.1. The van der Waals surface area contributed by atoms with Crippen LogP contribution >= 0.6 is 22.7 Å². The second-order valence-electron chi connectivity index (χ2n) is 12.5. The largest absolute Gasteiger partial charge is 0.308 e. The average molecular weight is 660 g/mol. The van der Waals surface area contributed by atoms with Crippen molar-refractivity contribution in [3.63, 3.8) is 0 Å². The highest BCUT2D eigenvalue weighted by Gasteiger charge is 2.24. The molecule has 228 valence electrons. The van der Waals surface area contributed by atoms with Crippen LogP contribution in [0.25, 0.3) is 101 Å². The Bertz CT molecular complexity index is 3100. The molecule has 0 radical (unpaired) electrons. The Balaban J connectivity index is 1.31. The highest BCUT2D eigenvalue weighted by molar-refractivity contribution is 7.30. The maximum absolute atomic E-state index is 5.22. The lowest BCUT2D eigenvalue weighted by molar-refractivity contribution is 1.18. The molecule has 0 aliphatic heterocycles. The van der Waals surface area contributed by atoms with E-state index in [-0.39, 0.29) is 0 Å². The third kappa shape index (κ3) is 3.88. The molecule has 0 aliphatic carbocycles. The normalized spacial score (nSPS) is 12.1. The summed E-state index contributed by atoms with van der Waals surface area (Å²) in [5, 5.41) is 8.97. The lowest BCUT2D eigenvalue weighted by atomic mass is 10.0. The number of aromatic nitrogens is 3. The third-order valence-electron chi connectivity index (χ3n) is 9.77. The smallest absolute Gasteiger partial charge is 0.160 e. The van der Waals surface area contributed by atoms with Crippen LogP contribution in [0.1, 0.15) is 0 Å². The number of hydrogen-bond acceptors (Lipinski definition) is 4. The van der Waals surface area contributed by atoms with Gasteiger partial charge in [-0.25, -0.2) is 9.97 Å². The molecule has 0 aliphatic rings. The van der Waals surface area contributed by atoms with Crippen LogP contribution in [-0.4, -0.2) is 14.5 Å². The Labute approximate surface area is 289 Å². The Morgan fingerprint density at radius 1 is 0.449 bits per heavy atom. The van der Waals surface area contributed by atoms with Crippen LogP contribution in [-0.2, 0) is 0 Å². The van der Waals surface area contributed by atoms with E-state index >= 15 is 0 Å². The van der Waals surface area contributed by atoms with Crippen molar-refractivity contribution in [1.29, 1.82) is 0 Å².